The van der Waals surface area contributed by atoms with Gasteiger partial charge in [0.25, 0.3) is 0 Å². The molecule has 0 bridgehead atoms. The summed E-state index contributed by atoms with van der Waals surface area (Å²) in [6, 6.07) is 14.4. The van der Waals surface area contributed by atoms with Gasteiger partial charge in [-0.25, -0.2) is 0 Å². The van der Waals surface area contributed by atoms with Crippen LogP contribution in [0.3, 0.4) is 0 Å². The molecule has 0 amide bonds. The Morgan fingerprint density at radius 3 is 2.53 bits per heavy atom. The quantitative estimate of drug-likeness (QED) is 0.812. The summed E-state index contributed by atoms with van der Waals surface area (Å²) < 4.78 is 0. The van der Waals surface area contributed by atoms with E-state index in [0.717, 1.165) is 6.54 Å². The van der Waals surface area contributed by atoms with E-state index in [9.17, 15) is 0 Å². The number of benzene rings is 1. The minimum Gasteiger partial charge on any atom is -0.384 e. The molecule has 2 rings (SSSR count). The molecular formula is C14H16N2S. The van der Waals surface area contributed by atoms with Crippen molar-refractivity contribution in [3.8, 4) is 0 Å². The van der Waals surface area contributed by atoms with Crippen LogP contribution in [0.1, 0.15) is 6.92 Å². The first-order valence-electron chi connectivity index (χ1n) is 5.70. The van der Waals surface area contributed by atoms with Gasteiger partial charge in [0.1, 0.15) is 0 Å². The molecule has 0 aliphatic carbocycles. The van der Waals surface area contributed by atoms with E-state index in [1.807, 2.05) is 54.5 Å². The Morgan fingerprint density at radius 2 is 1.82 bits per heavy atom. The number of rotatable bonds is 5. The summed E-state index contributed by atoms with van der Waals surface area (Å²) in [5.41, 5.74) is 1.18. The van der Waals surface area contributed by atoms with Crippen molar-refractivity contribution in [3.63, 3.8) is 0 Å². The molecule has 0 fully saturated rings. The Morgan fingerprint density at radius 1 is 1.12 bits per heavy atom. The van der Waals surface area contributed by atoms with Gasteiger partial charge in [0, 0.05) is 34.8 Å². The molecule has 88 valence electrons. The molecule has 2 nitrogen and oxygen atoms in total. The van der Waals surface area contributed by atoms with E-state index in [-0.39, 0.29) is 0 Å². The third-order valence-electron chi connectivity index (χ3n) is 2.35. The molecule has 1 N–H and O–H groups in total. The van der Waals surface area contributed by atoms with Crippen molar-refractivity contribution in [2.24, 2.45) is 0 Å². The Labute approximate surface area is 106 Å². The van der Waals surface area contributed by atoms with Crippen LogP contribution in [0.25, 0.3) is 0 Å². The fourth-order valence-corrected chi connectivity index (χ4v) is 2.42. The highest BCUT2D eigenvalue weighted by Crippen LogP contribution is 2.22. The fourth-order valence-electron chi connectivity index (χ4n) is 1.51. The first kappa shape index (κ1) is 12.0. The molecule has 1 atom stereocenters. The SMILES string of the molecule is CC(CNc1ccccc1)Sc1ccncc1. The van der Waals surface area contributed by atoms with Crippen LogP contribution in [0.5, 0.6) is 0 Å². The van der Waals surface area contributed by atoms with Crippen molar-refractivity contribution in [1.82, 2.24) is 4.98 Å². The minimum atomic E-state index is 0.526. The van der Waals surface area contributed by atoms with Crippen LogP contribution in [-0.4, -0.2) is 16.8 Å². The van der Waals surface area contributed by atoms with Crippen molar-refractivity contribution in [2.45, 2.75) is 17.1 Å². The van der Waals surface area contributed by atoms with Crippen LogP contribution in [-0.2, 0) is 0 Å². The predicted octanol–water partition coefficient (Wildman–Crippen LogP) is 3.67. The Bertz CT molecular complexity index is 430. The zero-order chi connectivity index (χ0) is 11.9. The molecule has 1 heterocycles. The van der Waals surface area contributed by atoms with Crippen molar-refractivity contribution in [2.75, 3.05) is 11.9 Å². The molecule has 0 aliphatic heterocycles. The maximum Gasteiger partial charge on any atom is 0.0340 e. The molecule has 3 heteroatoms. The summed E-state index contributed by atoms with van der Waals surface area (Å²) in [5, 5.41) is 3.95. The Balaban J connectivity index is 1.80. The third kappa shape index (κ3) is 4.11. The zero-order valence-corrected chi connectivity index (χ0v) is 10.7. The lowest BCUT2D eigenvalue weighted by atomic mass is 10.3. The number of hydrogen-bond donors (Lipinski definition) is 1. The van der Waals surface area contributed by atoms with Gasteiger partial charge in [-0.2, -0.15) is 0 Å². The van der Waals surface area contributed by atoms with Crippen LogP contribution in [0.15, 0.2) is 59.8 Å². The molecule has 1 aromatic heterocycles. The van der Waals surface area contributed by atoms with Gasteiger partial charge >= 0.3 is 0 Å². The van der Waals surface area contributed by atoms with E-state index in [1.54, 1.807) is 0 Å². The minimum absolute atomic E-state index is 0.526. The van der Waals surface area contributed by atoms with Gasteiger partial charge in [0.05, 0.1) is 0 Å². The van der Waals surface area contributed by atoms with E-state index in [0.29, 0.717) is 5.25 Å². The summed E-state index contributed by atoms with van der Waals surface area (Å²) in [6.07, 6.45) is 3.67. The Kier molecular flexibility index (Phi) is 4.45. The molecule has 1 aromatic carbocycles. The van der Waals surface area contributed by atoms with Gasteiger partial charge in [-0.15, -0.1) is 11.8 Å². The number of nitrogens with zero attached hydrogens (tertiary/aromatic N) is 1. The largest absolute Gasteiger partial charge is 0.384 e. The van der Waals surface area contributed by atoms with Crippen LogP contribution in [0.2, 0.25) is 0 Å². The fraction of sp³-hybridized carbons (Fsp3) is 0.214. The summed E-state index contributed by atoms with van der Waals surface area (Å²) >= 11 is 1.86. The van der Waals surface area contributed by atoms with Crippen molar-refractivity contribution < 1.29 is 0 Å². The molecular weight excluding hydrogens is 228 g/mol. The first-order chi connectivity index (χ1) is 8.34. The van der Waals surface area contributed by atoms with Gasteiger partial charge in [-0.1, -0.05) is 25.1 Å². The number of hydrogen-bond acceptors (Lipinski definition) is 3. The lowest BCUT2D eigenvalue weighted by Gasteiger charge is -2.13. The maximum atomic E-state index is 4.02. The van der Waals surface area contributed by atoms with Crippen LogP contribution >= 0.6 is 11.8 Å². The highest BCUT2D eigenvalue weighted by atomic mass is 32.2. The number of nitrogens with one attached hydrogen (secondary N) is 1. The number of aromatic nitrogens is 1. The summed E-state index contributed by atoms with van der Waals surface area (Å²) in [6.45, 7) is 3.18. The summed E-state index contributed by atoms with van der Waals surface area (Å²) in [4.78, 5) is 5.28. The second-order valence-corrected chi connectivity index (χ2v) is 5.37. The highest BCUT2D eigenvalue weighted by molar-refractivity contribution is 8.00. The average Bonchev–Trinajstić information content (AvgIpc) is 2.39. The molecule has 0 saturated heterocycles. The monoisotopic (exact) mass is 244 g/mol. The van der Waals surface area contributed by atoms with Gasteiger partial charge in [0.15, 0.2) is 0 Å². The molecule has 2 aromatic rings. The van der Waals surface area contributed by atoms with Crippen molar-refractivity contribution in [3.05, 3.63) is 54.9 Å². The lowest BCUT2D eigenvalue weighted by molar-refractivity contribution is 0.998. The molecule has 0 aliphatic rings. The van der Waals surface area contributed by atoms with Gasteiger partial charge < -0.3 is 5.32 Å². The Hall–Kier alpha value is -1.48. The second kappa shape index (κ2) is 6.30. The molecule has 0 spiro atoms. The second-order valence-electron chi connectivity index (χ2n) is 3.86. The molecule has 0 radical (unpaired) electrons. The molecule has 17 heavy (non-hydrogen) atoms. The smallest absolute Gasteiger partial charge is 0.0340 e. The van der Waals surface area contributed by atoms with Crippen LogP contribution in [0, 0.1) is 0 Å². The molecule has 0 saturated carbocycles. The number of anilines is 1. The van der Waals surface area contributed by atoms with Crippen LogP contribution in [0.4, 0.5) is 5.69 Å². The number of thioether (sulfide) groups is 1. The zero-order valence-electron chi connectivity index (χ0n) is 9.84. The number of para-hydroxylation sites is 1. The van der Waals surface area contributed by atoms with Crippen LogP contribution < -0.4 is 5.32 Å². The third-order valence-corrected chi connectivity index (χ3v) is 3.47. The van der Waals surface area contributed by atoms with Crippen molar-refractivity contribution in [1.29, 1.82) is 0 Å². The van der Waals surface area contributed by atoms with E-state index in [2.05, 4.69) is 29.4 Å². The normalized spacial score (nSPS) is 12.1. The van der Waals surface area contributed by atoms with E-state index < -0.39 is 0 Å². The predicted molar refractivity (Wildman–Crippen MR) is 74.5 cm³/mol. The summed E-state index contributed by atoms with van der Waals surface area (Å²) in [7, 11) is 0. The maximum absolute atomic E-state index is 4.02. The lowest BCUT2D eigenvalue weighted by Crippen LogP contribution is -2.12. The molecule has 1 unspecified atom stereocenters. The highest BCUT2D eigenvalue weighted by Gasteiger charge is 2.03. The van der Waals surface area contributed by atoms with E-state index in [4.69, 9.17) is 0 Å². The summed E-state index contributed by atoms with van der Waals surface area (Å²) in [5.74, 6) is 0. The topological polar surface area (TPSA) is 24.9 Å². The van der Waals surface area contributed by atoms with Gasteiger partial charge in [-0.3, -0.25) is 4.98 Å². The van der Waals surface area contributed by atoms with Gasteiger partial charge in [-0.05, 0) is 24.3 Å². The van der Waals surface area contributed by atoms with Gasteiger partial charge in [0.2, 0.25) is 0 Å². The standard InChI is InChI=1S/C14H16N2S/c1-12(17-14-7-9-15-10-8-14)11-16-13-5-3-2-4-6-13/h2-10,12,16H,11H2,1H3. The van der Waals surface area contributed by atoms with E-state index in [1.165, 1.54) is 10.6 Å². The first-order valence-corrected chi connectivity index (χ1v) is 6.58. The van der Waals surface area contributed by atoms with E-state index >= 15 is 0 Å². The van der Waals surface area contributed by atoms with Crippen molar-refractivity contribution >= 4 is 17.4 Å². The number of pyridine rings is 1. The average molecular weight is 244 g/mol.